The molecule has 30 heavy (non-hydrogen) atoms. The number of thiazole rings is 1. The average Bonchev–Trinajstić information content (AvgIpc) is 3.32. The van der Waals surface area contributed by atoms with Crippen molar-refractivity contribution >= 4 is 29.0 Å². The Labute approximate surface area is 178 Å². The zero-order valence-corrected chi connectivity index (χ0v) is 18.0. The molecule has 3 heterocycles. The summed E-state index contributed by atoms with van der Waals surface area (Å²) in [5.41, 5.74) is 6.06. The second-order valence-electron chi connectivity index (χ2n) is 7.48. The molecular weight excluding hydrogens is 402 g/mol. The average molecular weight is 428 g/mol. The van der Waals surface area contributed by atoms with E-state index in [1.165, 1.54) is 22.4 Å². The predicted molar refractivity (Wildman–Crippen MR) is 116 cm³/mol. The van der Waals surface area contributed by atoms with E-state index in [1.54, 1.807) is 31.4 Å². The Kier molecular flexibility index (Phi) is 6.28. The predicted octanol–water partition coefficient (Wildman–Crippen LogP) is 1.69. The first-order valence-corrected chi connectivity index (χ1v) is 10.3. The summed E-state index contributed by atoms with van der Waals surface area (Å²) in [5.74, 6) is -0.676. The summed E-state index contributed by atoms with van der Waals surface area (Å²) in [6.07, 6.45) is 3.83. The van der Waals surface area contributed by atoms with Gasteiger partial charge in [0.05, 0.1) is 11.4 Å². The van der Waals surface area contributed by atoms with Gasteiger partial charge >= 0.3 is 0 Å². The summed E-state index contributed by atoms with van der Waals surface area (Å²) >= 11 is 1.42. The van der Waals surface area contributed by atoms with Gasteiger partial charge in [0.1, 0.15) is 10.7 Å². The molecule has 9 nitrogen and oxygen atoms in total. The number of carbonyl (C=O) groups excluding carboxylic acids is 2. The van der Waals surface area contributed by atoms with Crippen LogP contribution in [0.2, 0.25) is 0 Å². The third-order valence-corrected chi connectivity index (χ3v) is 5.84. The topological polar surface area (TPSA) is 137 Å². The van der Waals surface area contributed by atoms with Crippen molar-refractivity contribution in [1.29, 1.82) is 5.41 Å². The number of nitrogens with one attached hydrogen (secondary N) is 3. The van der Waals surface area contributed by atoms with Gasteiger partial charge in [0.25, 0.3) is 5.91 Å². The lowest BCUT2D eigenvalue weighted by atomic mass is 9.92. The zero-order chi connectivity index (χ0) is 21.9. The van der Waals surface area contributed by atoms with E-state index in [0.29, 0.717) is 30.2 Å². The molecule has 0 bridgehead atoms. The quantitative estimate of drug-likeness (QED) is 0.409. The van der Waals surface area contributed by atoms with Crippen molar-refractivity contribution in [1.82, 2.24) is 25.5 Å². The number of hydrogen-bond donors (Lipinski definition) is 4. The minimum Gasteiger partial charge on any atom is -0.392 e. The van der Waals surface area contributed by atoms with Gasteiger partial charge in [-0.3, -0.25) is 19.9 Å². The summed E-state index contributed by atoms with van der Waals surface area (Å²) in [7, 11) is 1.66. The second kappa shape index (κ2) is 8.72. The van der Waals surface area contributed by atoms with Crippen LogP contribution in [0.25, 0.3) is 10.7 Å². The van der Waals surface area contributed by atoms with Crippen LogP contribution >= 0.6 is 11.3 Å². The highest BCUT2D eigenvalue weighted by atomic mass is 32.1. The van der Waals surface area contributed by atoms with E-state index >= 15 is 0 Å². The lowest BCUT2D eigenvalue weighted by Gasteiger charge is -2.22. The van der Waals surface area contributed by atoms with Gasteiger partial charge in [-0.05, 0) is 18.6 Å². The molecule has 1 saturated heterocycles. The fourth-order valence-electron chi connectivity index (χ4n) is 3.02. The van der Waals surface area contributed by atoms with E-state index in [2.05, 4.69) is 20.6 Å². The molecule has 3 rings (SSSR count). The van der Waals surface area contributed by atoms with Gasteiger partial charge in [-0.15, -0.1) is 11.3 Å². The van der Waals surface area contributed by atoms with Gasteiger partial charge in [0.2, 0.25) is 5.91 Å². The fourth-order valence-corrected chi connectivity index (χ4v) is 3.78. The standard InChI is InChI=1S/C20H25N7O2S/c1-20(2)7-8-27(19(20)29)16(22)15(11-23-3)26-17(28)13-5-4-6-14(25-13)18-24-10-12(9-21)30-18/h4-6,10-11,22-23H,7-9,21H2,1-3H3,(H,26,28)/b15-11+,22-16?. The maximum Gasteiger partial charge on any atom is 0.274 e. The van der Waals surface area contributed by atoms with Crippen LogP contribution in [-0.4, -0.2) is 46.1 Å². The molecule has 0 atom stereocenters. The Morgan fingerprint density at radius 2 is 2.20 bits per heavy atom. The maximum atomic E-state index is 12.8. The van der Waals surface area contributed by atoms with E-state index < -0.39 is 11.3 Å². The number of nitrogens with zero attached hydrogens (tertiary/aromatic N) is 3. The Bertz CT molecular complexity index is 1010. The van der Waals surface area contributed by atoms with Crippen LogP contribution in [0, 0.1) is 10.8 Å². The molecule has 0 aliphatic carbocycles. The van der Waals surface area contributed by atoms with Crippen LogP contribution in [0.15, 0.2) is 36.3 Å². The van der Waals surface area contributed by atoms with Crippen molar-refractivity contribution in [2.75, 3.05) is 13.6 Å². The molecule has 10 heteroatoms. The number of rotatable bonds is 6. The first-order valence-electron chi connectivity index (χ1n) is 9.48. The van der Waals surface area contributed by atoms with Crippen molar-refractivity contribution in [3.05, 3.63) is 46.9 Å². The van der Waals surface area contributed by atoms with Crippen molar-refractivity contribution in [3.8, 4) is 10.7 Å². The van der Waals surface area contributed by atoms with Crippen LogP contribution in [0.5, 0.6) is 0 Å². The Morgan fingerprint density at radius 3 is 2.80 bits per heavy atom. The molecule has 5 N–H and O–H groups in total. The first kappa shape index (κ1) is 21.6. The molecule has 158 valence electrons. The number of likely N-dealkylation sites (tertiary alicyclic amines) is 1. The van der Waals surface area contributed by atoms with Gasteiger partial charge in [-0.1, -0.05) is 19.9 Å². The summed E-state index contributed by atoms with van der Waals surface area (Å²) in [4.78, 5) is 36.4. The monoisotopic (exact) mass is 427 g/mol. The van der Waals surface area contributed by atoms with E-state index in [9.17, 15) is 9.59 Å². The van der Waals surface area contributed by atoms with Gasteiger partial charge in [0, 0.05) is 42.8 Å². The number of amides is 2. The molecule has 2 aromatic heterocycles. The number of nitrogens with two attached hydrogens (primary N) is 1. The van der Waals surface area contributed by atoms with Gasteiger partial charge in [-0.2, -0.15) is 0 Å². The summed E-state index contributed by atoms with van der Waals surface area (Å²) in [6, 6.07) is 5.08. The third kappa shape index (κ3) is 4.39. The van der Waals surface area contributed by atoms with Crippen molar-refractivity contribution in [2.45, 2.75) is 26.8 Å². The van der Waals surface area contributed by atoms with E-state index in [0.717, 1.165) is 4.88 Å². The molecule has 0 radical (unpaired) electrons. The second-order valence-corrected chi connectivity index (χ2v) is 8.60. The Morgan fingerprint density at radius 1 is 1.43 bits per heavy atom. The lowest BCUT2D eigenvalue weighted by Crippen LogP contribution is -2.41. The van der Waals surface area contributed by atoms with Gasteiger partial charge in [0.15, 0.2) is 5.84 Å². The van der Waals surface area contributed by atoms with Gasteiger partial charge in [-0.25, -0.2) is 9.97 Å². The molecule has 1 aliphatic heterocycles. The summed E-state index contributed by atoms with van der Waals surface area (Å²) < 4.78 is 0. The Balaban J connectivity index is 1.79. The van der Waals surface area contributed by atoms with Crippen molar-refractivity contribution in [3.63, 3.8) is 0 Å². The van der Waals surface area contributed by atoms with Crippen molar-refractivity contribution < 1.29 is 9.59 Å². The van der Waals surface area contributed by atoms with Crippen LogP contribution in [-0.2, 0) is 11.3 Å². The molecule has 0 saturated carbocycles. The number of aromatic nitrogens is 2. The van der Waals surface area contributed by atoms with Crippen LogP contribution in [0.1, 0.15) is 35.6 Å². The molecule has 1 fully saturated rings. The van der Waals surface area contributed by atoms with Crippen molar-refractivity contribution in [2.24, 2.45) is 11.1 Å². The normalized spacial score (nSPS) is 15.9. The Hall–Kier alpha value is -3.11. The van der Waals surface area contributed by atoms with E-state index in [-0.39, 0.29) is 23.1 Å². The van der Waals surface area contributed by atoms with E-state index in [4.69, 9.17) is 11.1 Å². The minimum absolute atomic E-state index is 0.0584. The van der Waals surface area contributed by atoms with Crippen LogP contribution in [0.4, 0.5) is 0 Å². The number of pyridine rings is 1. The van der Waals surface area contributed by atoms with Crippen LogP contribution < -0.4 is 16.4 Å². The highest BCUT2D eigenvalue weighted by molar-refractivity contribution is 7.14. The molecule has 2 amide bonds. The third-order valence-electron chi connectivity index (χ3n) is 4.80. The van der Waals surface area contributed by atoms with Gasteiger partial charge < -0.3 is 16.4 Å². The zero-order valence-electron chi connectivity index (χ0n) is 17.2. The summed E-state index contributed by atoms with van der Waals surface area (Å²) in [5, 5.41) is 14.6. The number of carbonyl (C=O) groups is 2. The maximum absolute atomic E-state index is 12.8. The molecule has 0 aromatic carbocycles. The minimum atomic E-state index is -0.521. The molecular formula is C20H25N7O2S. The highest BCUT2D eigenvalue weighted by Gasteiger charge is 2.41. The van der Waals surface area contributed by atoms with E-state index in [1.807, 2.05) is 13.8 Å². The molecule has 0 spiro atoms. The number of amidine groups is 1. The number of hydrogen-bond acceptors (Lipinski definition) is 8. The largest absolute Gasteiger partial charge is 0.392 e. The smallest absolute Gasteiger partial charge is 0.274 e. The SMILES string of the molecule is CN/C=C(/NC(=O)c1cccc(-c2ncc(CN)s2)n1)C(=N)N1CCC(C)(C)C1=O. The highest BCUT2D eigenvalue weighted by Crippen LogP contribution is 2.31. The molecule has 1 aliphatic rings. The molecule has 2 aromatic rings. The first-order chi connectivity index (χ1) is 14.3. The summed E-state index contributed by atoms with van der Waals surface area (Å²) in [6.45, 7) is 4.53. The molecule has 0 unspecified atom stereocenters. The van der Waals surface area contributed by atoms with Crippen LogP contribution in [0.3, 0.4) is 0 Å². The fraction of sp³-hybridized carbons (Fsp3) is 0.350. The lowest BCUT2D eigenvalue weighted by molar-refractivity contribution is -0.131.